The van der Waals surface area contributed by atoms with Crippen LogP contribution in [-0.4, -0.2) is 24.5 Å². The third kappa shape index (κ3) is 1.73. The van der Waals surface area contributed by atoms with Gasteiger partial charge in [0.15, 0.2) is 0 Å². The molecule has 0 saturated carbocycles. The minimum atomic E-state index is 0.125. The molecule has 2 saturated heterocycles. The molecule has 0 radical (unpaired) electrons. The Morgan fingerprint density at radius 1 is 1.57 bits per heavy atom. The first-order valence-electron chi connectivity index (χ1n) is 5.22. The lowest BCUT2D eigenvalue weighted by atomic mass is 9.88. The Morgan fingerprint density at radius 2 is 2.43 bits per heavy atom. The summed E-state index contributed by atoms with van der Waals surface area (Å²) in [7, 11) is 0. The van der Waals surface area contributed by atoms with Crippen LogP contribution in [0.3, 0.4) is 0 Å². The van der Waals surface area contributed by atoms with E-state index in [9.17, 15) is 4.79 Å². The van der Waals surface area contributed by atoms with Crippen LogP contribution in [0.5, 0.6) is 0 Å². The van der Waals surface area contributed by atoms with E-state index in [-0.39, 0.29) is 11.8 Å². The Balaban J connectivity index is 1.79. The van der Waals surface area contributed by atoms with Crippen LogP contribution in [0.4, 0.5) is 0 Å². The van der Waals surface area contributed by atoms with Crippen molar-refractivity contribution in [1.82, 2.24) is 10.6 Å². The molecule has 0 aromatic carbocycles. The number of hydrogen-bond donors (Lipinski definition) is 2. The Morgan fingerprint density at radius 3 is 3.00 bits per heavy atom. The fourth-order valence-corrected chi connectivity index (χ4v) is 2.49. The number of carbonyl (C=O) groups is 1. The molecule has 2 aliphatic rings. The maximum Gasteiger partial charge on any atom is 0.224 e. The van der Waals surface area contributed by atoms with Crippen LogP contribution >= 0.6 is 0 Å². The van der Waals surface area contributed by atoms with Crippen molar-refractivity contribution in [3.63, 3.8) is 0 Å². The molecule has 2 aliphatic heterocycles. The topological polar surface area (TPSA) is 64.9 Å². The molecule has 2 fully saturated rings. The van der Waals surface area contributed by atoms with Gasteiger partial charge in [-0.3, -0.25) is 4.79 Å². The maximum absolute atomic E-state index is 11.6. The molecule has 14 heavy (non-hydrogen) atoms. The van der Waals surface area contributed by atoms with Gasteiger partial charge in [0, 0.05) is 18.6 Å². The minimum Gasteiger partial charge on any atom is -0.355 e. The monoisotopic (exact) mass is 193 g/mol. The predicted molar refractivity (Wildman–Crippen MR) is 51.3 cm³/mol. The van der Waals surface area contributed by atoms with Gasteiger partial charge >= 0.3 is 0 Å². The average molecular weight is 193 g/mol. The maximum atomic E-state index is 11.6. The molecule has 4 nitrogen and oxygen atoms in total. The van der Waals surface area contributed by atoms with E-state index in [1.165, 1.54) is 6.42 Å². The number of hydrogen-bond acceptors (Lipinski definition) is 3. The minimum absolute atomic E-state index is 0.125. The lowest BCUT2D eigenvalue weighted by Gasteiger charge is -2.18. The van der Waals surface area contributed by atoms with Crippen LogP contribution in [0.15, 0.2) is 0 Å². The van der Waals surface area contributed by atoms with Crippen molar-refractivity contribution in [3.05, 3.63) is 0 Å². The molecule has 4 heteroatoms. The number of nitrogens with zero attached hydrogens (tertiary/aromatic N) is 1. The summed E-state index contributed by atoms with van der Waals surface area (Å²) in [5.41, 5.74) is 0. The number of fused-ring (bicyclic) bond motifs is 2. The summed E-state index contributed by atoms with van der Waals surface area (Å²) in [4.78, 5) is 11.6. The summed E-state index contributed by atoms with van der Waals surface area (Å²) < 4.78 is 0. The summed E-state index contributed by atoms with van der Waals surface area (Å²) in [5.74, 6) is 0.271. The van der Waals surface area contributed by atoms with E-state index in [0.717, 1.165) is 12.8 Å². The van der Waals surface area contributed by atoms with Gasteiger partial charge in [0.25, 0.3) is 0 Å². The second-order valence-corrected chi connectivity index (χ2v) is 4.09. The SMILES string of the molecule is N#CCCNC(=O)C1CC2CCC1N2. The van der Waals surface area contributed by atoms with Gasteiger partial charge in [-0.05, 0) is 19.3 Å². The first-order valence-corrected chi connectivity index (χ1v) is 5.22. The molecule has 0 spiro atoms. The van der Waals surface area contributed by atoms with Gasteiger partial charge in [0.1, 0.15) is 0 Å². The fourth-order valence-electron chi connectivity index (χ4n) is 2.49. The highest BCUT2D eigenvalue weighted by Crippen LogP contribution is 2.33. The number of amides is 1. The molecule has 2 N–H and O–H groups in total. The van der Waals surface area contributed by atoms with Crippen LogP contribution in [0.25, 0.3) is 0 Å². The molecule has 0 aromatic rings. The Hall–Kier alpha value is -1.08. The van der Waals surface area contributed by atoms with Crippen molar-refractivity contribution in [2.45, 2.75) is 37.8 Å². The van der Waals surface area contributed by atoms with Crippen molar-refractivity contribution in [3.8, 4) is 6.07 Å². The summed E-state index contributed by atoms with van der Waals surface area (Å²) in [5, 5.41) is 14.6. The third-order valence-corrected chi connectivity index (χ3v) is 3.17. The van der Waals surface area contributed by atoms with Gasteiger partial charge in [0.2, 0.25) is 5.91 Å². The lowest BCUT2D eigenvalue weighted by Crippen LogP contribution is -2.37. The highest BCUT2D eigenvalue weighted by atomic mass is 16.1. The molecule has 3 atom stereocenters. The number of carbonyl (C=O) groups excluding carboxylic acids is 1. The van der Waals surface area contributed by atoms with Gasteiger partial charge in [-0.25, -0.2) is 0 Å². The van der Waals surface area contributed by atoms with Gasteiger partial charge in [-0.15, -0.1) is 0 Å². The molecule has 3 unspecified atom stereocenters. The van der Waals surface area contributed by atoms with Gasteiger partial charge in [0.05, 0.1) is 18.4 Å². The second kappa shape index (κ2) is 3.97. The standard InChI is InChI=1S/C10H15N3O/c11-4-1-5-12-10(14)8-6-7-2-3-9(8)13-7/h7-9,13H,1-3,5-6H2,(H,12,14). The number of nitrogens with one attached hydrogen (secondary N) is 2. The first-order chi connectivity index (χ1) is 6.81. The molecular weight excluding hydrogens is 178 g/mol. The Bertz CT molecular complexity index is 271. The zero-order chi connectivity index (χ0) is 9.97. The Kier molecular flexibility index (Phi) is 2.69. The van der Waals surface area contributed by atoms with Crippen LogP contribution in [-0.2, 0) is 4.79 Å². The van der Waals surface area contributed by atoms with E-state index in [2.05, 4.69) is 10.6 Å². The molecule has 0 aliphatic carbocycles. The molecule has 2 rings (SSSR count). The highest BCUT2D eigenvalue weighted by molar-refractivity contribution is 5.80. The normalized spacial score (nSPS) is 34.1. The quantitative estimate of drug-likeness (QED) is 0.627. The molecule has 2 heterocycles. The van der Waals surface area contributed by atoms with Crippen molar-refractivity contribution in [1.29, 1.82) is 5.26 Å². The molecule has 76 valence electrons. The van der Waals surface area contributed by atoms with Crippen LogP contribution in [0.2, 0.25) is 0 Å². The molecule has 1 amide bonds. The van der Waals surface area contributed by atoms with E-state index in [1.807, 2.05) is 6.07 Å². The summed E-state index contributed by atoms with van der Waals surface area (Å²) >= 11 is 0. The lowest BCUT2D eigenvalue weighted by molar-refractivity contribution is -0.125. The van der Waals surface area contributed by atoms with Crippen LogP contribution < -0.4 is 10.6 Å². The fraction of sp³-hybridized carbons (Fsp3) is 0.800. The molecular formula is C10H15N3O. The van der Waals surface area contributed by atoms with E-state index in [4.69, 9.17) is 5.26 Å². The largest absolute Gasteiger partial charge is 0.355 e. The van der Waals surface area contributed by atoms with Crippen LogP contribution in [0.1, 0.15) is 25.7 Å². The second-order valence-electron chi connectivity index (χ2n) is 4.09. The third-order valence-electron chi connectivity index (χ3n) is 3.17. The van der Waals surface area contributed by atoms with E-state index >= 15 is 0 Å². The van der Waals surface area contributed by atoms with Crippen molar-refractivity contribution >= 4 is 5.91 Å². The van der Waals surface area contributed by atoms with Gasteiger partial charge in [-0.2, -0.15) is 5.26 Å². The van der Waals surface area contributed by atoms with E-state index in [0.29, 0.717) is 25.0 Å². The Labute approximate surface area is 83.7 Å². The number of nitriles is 1. The molecule has 2 bridgehead atoms. The first kappa shape index (κ1) is 9.47. The van der Waals surface area contributed by atoms with Crippen LogP contribution in [0, 0.1) is 17.2 Å². The van der Waals surface area contributed by atoms with E-state index in [1.54, 1.807) is 0 Å². The summed E-state index contributed by atoms with van der Waals surface area (Å²) in [6.45, 7) is 0.489. The van der Waals surface area contributed by atoms with E-state index < -0.39 is 0 Å². The highest BCUT2D eigenvalue weighted by Gasteiger charge is 2.42. The predicted octanol–water partition coefficient (Wildman–Crippen LogP) is 0.157. The summed E-state index contributed by atoms with van der Waals surface area (Å²) in [6.07, 6.45) is 3.72. The number of rotatable bonds is 3. The van der Waals surface area contributed by atoms with Gasteiger partial charge in [-0.1, -0.05) is 0 Å². The zero-order valence-corrected chi connectivity index (χ0v) is 8.12. The summed E-state index contributed by atoms with van der Waals surface area (Å²) in [6, 6.07) is 2.97. The van der Waals surface area contributed by atoms with Crippen molar-refractivity contribution < 1.29 is 4.79 Å². The molecule has 0 aromatic heterocycles. The zero-order valence-electron chi connectivity index (χ0n) is 8.12. The average Bonchev–Trinajstić information content (AvgIpc) is 2.79. The smallest absolute Gasteiger partial charge is 0.224 e. The van der Waals surface area contributed by atoms with Crippen molar-refractivity contribution in [2.24, 2.45) is 5.92 Å². The van der Waals surface area contributed by atoms with Gasteiger partial charge < -0.3 is 10.6 Å². The van der Waals surface area contributed by atoms with Crippen molar-refractivity contribution in [2.75, 3.05) is 6.54 Å².